The molecule has 0 radical (unpaired) electrons. The lowest BCUT2D eigenvalue weighted by atomic mass is 9.63. The van der Waals surface area contributed by atoms with Gasteiger partial charge in [-0.25, -0.2) is 0 Å². The minimum atomic E-state index is -0.724. The van der Waals surface area contributed by atoms with Crippen LogP contribution in [0.25, 0.3) is 0 Å². The fourth-order valence-corrected chi connectivity index (χ4v) is 4.58. The zero-order valence-corrected chi connectivity index (χ0v) is 11.7. The highest BCUT2D eigenvalue weighted by molar-refractivity contribution is 5.89. The Balaban J connectivity index is 1.94. The van der Waals surface area contributed by atoms with E-state index >= 15 is 0 Å². The minimum absolute atomic E-state index is 0.363. The van der Waals surface area contributed by atoms with Gasteiger partial charge in [0, 0.05) is 18.3 Å². The van der Waals surface area contributed by atoms with E-state index in [0.717, 1.165) is 24.2 Å². The first-order valence-electron chi connectivity index (χ1n) is 7.44. The number of piperidine rings is 1. The second-order valence-corrected chi connectivity index (χ2v) is 6.51. The van der Waals surface area contributed by atoms with Crippen molar-refractivity contribution in [2.24, 2.45) is 0 Å². The van der Waals surface area contributed by atoms with Crippen molar-refractivity contribution in [3.8, 4) is 0 Å². The van der Waals surface area contributed by atoms with Crippen molar-refractivity contribution in [1.82, 2.24) is 4.90 Å². The largest absolute Gasteiger partial charge is 0.481 e. The van der Waals surface area contributed by atoms with Crippen molar-refractivity contribution < 1.29 is 9.90 Å². The molecule has 1 saturated heterocycles. The quantitative estimate of drug-likeness (QED) is 0.821. The molecular formula is C16H20N2O2. The Morgan fingerprint density at radius 1 is 1.50 bits per heavy atom. The van der Waals surface area contributed by atoms with E-state index in [1.54, 1.807) is 0 Å². The van der Waals surface area contributed by atoms with Gasteiger partial charge in [-0.3, -0.25) is 4.79 Å². The van der Waals surface area contributed by atoms with Crippen LogP contribution in [0.15, 0.2) is 18.2 Å². The average Bonchev–Trinajstić information content (AvgIpc) is 2.82. The molecule has 0 unspecified atom stereocenters. The van der Waals surface area contributed by atoms with Gasteiger partial charge < -0.3 is 15.3 Å². The lowest BCUT2D eigenvalue weighted by Gasteiger charge is -2.47. The number of nitrogens with zero attached hydrogens (tertiary/aromatic N) is 1. The van der Waals surface area contributed by atoms with Gasteiger partial charge in [0.25, 0.3) is 0 Å². The van der Waals surface area contributed by atoms with Crippen molar-refractivity contribution in [3.05, 3.63) is 29.3 Å². The highest BCUT2D eigenvalue weighted by Gasteiger charge is 2.54. The van der Waals surface area contributed by atoms with Crippen molar-refractivity contribution >= 4 is 11.7 Å². The number of nitrogens with one attached hydrogen (secondary N) is 1. The van der Waals surface area contributed by atoms with E-state index in [4.69, 9.17) is 0 Å². The molecule has 4 heteroatoms. The summed E-state index contributed by atoms with van der Waals surface area (Å²) in [5.74, 6) is -0.176. The van der Waals surface area contributed by atoms with Crippen molar-refractivity contribution in [2.45, 2.75) is 36.6 Å². The summed E-state index contributed by atoms with van der Waals surface area (Å²) in [6, 6.07) is 6.61. The molecule has 1 aliphatic carbocycles. The lowest BCUT2D eigenvalue weighted by molar-refractivity contribution is -0.144. The molecule has 1 fully saturated rings. The first-order chi connectivity index (χ1) is 9.63. The Bertz CT molecular complexity index is 586. The molecular weight excluding hydrogens is 252 g/mol. The second-order valence-electron chi connectivity index (χ2n) is 6.51. The highest BCUT2D eigenvalue weighted by Crippen LogP contribution is 2.53. The number of carboxylic acid groups (broad SMARTS) is 1. The van der Waals surface area contributed by atoms with Crippen LogP contribution in [0.1, 0.15) is 36.3 Å². The number of benzene rings is 1. The Morgan fingerprint density at radius 2 is 2.35 bits per heavy atom. The Morgan fingerprint density at radius 3 is 3.15 bits per heavy atom. The Kier molecular flexibility index (Phi) is 2.43. The molecule has 20 heavy (non-hydrogen) atoms. The highest BCUT2D eigenvalue weighted by atomic mass is 16.4. The molecule has 0 bridgehead atoms. The molecule has 0 saturated carbocycles. The molecule has 4 rings (SSSR count). The number of anilines is 1. The number of carbonyl (C=O) groups is 1. The average molecular weight is 272 g/mol. The van der Waals surface area contributed by atoms with Crippen LogP contribution in [0.5, 0.6) is 0 Å². The first kappa shape index (κ1) is 12.2. The maximum atomic E-state index is 12.0. The zero-order chi connectivity index (χ0) is 13.9. The SMILES string of the molecule is CN1CCC[C@@H]2c3cccc4c3[C@@](C(=O)O)(CN4)C[C@H]21. The van der Waals surface area contributed by atoms with E-state index in [1.807, 2.05) is 6.07 Å². The summed E-state index contributed by atoms with van der Waals surface area (Å²) in [7, 11) is 2.14. The Labute approximate surface area is 118 Å². The van der Waals surface area contributed by atoms with Crippen LogP contribution in [-0.2, 0) is 10.2 Å². The van der Waals surface area contributed by atoms with E-state index in [-0.39, 0.29) is 0 Å². The molecule has 3 aliphatic rings. The van der Waals surface area contributed by atoms with E-state index in [2.05, 4.69) is 29.4 Å². The number of likely N-dealkylation sites (tertiary alicyclic amines) is 1. The topological polar surface area (TPSA) is 52.6 Å². The minimum Gasteiger partial charge on any atom is -0.481 e. The van der Waals surface area contributed by atoms with Crippen LogP contribution in [-0.4, -0.2) is 42.2 Å². The van der Waals surface area contributed by atoms with E-state index in [1.165, 1.54) is 18.4 Å². The fourth-order valence-electron chi connectivity index (χ4n) is 4.58. The maximum absolute atomic E-state index is 12.0. The summed E-state index contributed by atoms with van der Waals surface area (Å²) in [5.41, 5.74) is 2.66. The number of aliphatic carboxylic acids is 1. The normalized spacial score (nSPS) is 35.0. The van der Waals surface area contributed by atoms with Gasteiger partial charge in [0.05, 0.1) is 0 Å². The van der Waals surface area contributed by atoms with Crippen LogP contribution in [0.4, 0.5) is 5.69 Å². The van der Waals surface area contributed by atoms with Crippen LogP contribution in [0, 0.1) is 0 Å². The zero-order valence-electron chi connectivity index (χ0n) is 11.7. The summed E-state index contributed by atoms with van der Waals surface area (Å²) in [6.45, 7) is 1.62. The standard InChI is InChI=1S/C16H20N2O2/c1-18-7-3-5-10-11-4-2-6-12-14(11)16(9-17-12,15(19)20)8-13(10)18/h2,4,6,10,13,17H,3,5,7-9H2,1H3,(H,19,20)/t10-,13-,16+/m1/s1. The third kappa shape index (κ3) is 1.37. The second kappa shape index (κ2) is 3.98. The summed E-state index contributed by atoms with van der Waals surface area (Å²) in [5, 5.41) is 13.2. The number of fused-ring (bicyclic) bond motifs is 2. The van der Waals surface area contributed by atoms with Gasteiger partial charge in [0.1, 0.15) is 5.41 Å². The molecule has 1 aromatic carbocycles. The molecule has 2 N–H and O–H groups in total. The molecule has 0 spiro atoms. The predicted molar refractivity (Wildman–Crippen MR) is 77.3 cm³/mol. The molecule has 0 amide bonds. The Hall–Kier alpha value is -1.55. The lowest BCUT2D eigenvalue weighted by Crippen LogP contribution is -2.53. The number of likely N-dealkylation sites (N-methyl/N-ethyl adjacent to an activating group) is 1. The van der Waals surface area contributed by atoms with Gasteiger partial charge >= 0.3 is 5.97 Å². The van der Waals surface area contributed by atoms with E-state index in [0.29, 0.717) is 18.5 Å². The molecule has 2 aliphatic heterocycles. The molecule has 0 aromatic heterocycles. The van der Waals surface area contributed by atoms with Gasteiger partial charge in [0.2, 0.25) is 0 Å². The third-order valence-corrected chi connectivity index (χ3v) is 5.58. The van der Waals surface area contributed by atoms with Crippen LogP contribution < -0.4 is 5.32 Å². The summed E-state index contributed by atoms with van der Waals surface area (Å²) in [6.07, 6.45) is 3.12. The maximum Gasteiger partial charge on any atom is 0.316 e. The van der Waals surface area contributed by atoms with E-state index < -0.39 is 11.4 Å². The number of hydrogen-bond donors (Lipinski definition) is 2. The van der Waals surface area contributed by atoms with Crippen molar-refractivity contribution in [1.29, 1.82) is 0 Å². The van der Waals surface area contributed by atoms with Crippen molar-refractivity contribution in [3.63, 3.8) is 0 Å². The van der Waals surface area contributed by atoms with Crippen molar-refractivity contribution in [2.75, 3.05) is 25.5 Å². The molecule has 2 heterocycles. The van der Waals surface area contributed by atoms with E-state index in [9.17, 15) is 9.90 Å². The summed E-state index contributed by atoms with van der Waals surface area (Å²) < 4.78 is 0. The van der Waals surface area contributed by atoms with Crippen LogP contribution in [0.2, 0.25) is 0 Å². The van der Waals surface area contributed by atoms with Gasteiger partial charge in [0.15, 0.2) is 0 Å². The molecule has 106 valence electrons. The monoisotopic (exact) mass is 272 g/mol. The van der Waals surface area contributed by atoms with Gasteiger partial charge in [-0.05, 0) is 56.0 Å². The number of rotatable bonds is 1. The first-order valence-corrected chi connectivity index (χ1v) is 7.44. The van der Waals surface area contributed by atoms with Gasteiger partial charge in [-0.15, -0.1) is 0 Å². The number of hydrogen-bond acceptors (Lipinski definition) is 3. The van der Waals surface area contributed by atoms with Gasteiger partial charge in [-0.2, -0.15) is 0 Å². The summed E-state index contributed by atoms with van der Waals surface area (Å²) >= 11 is 0. The summed E-state index contributed by atoms with van der Waals surface area (Å²) in [4.78, 5) is 14.4. The van der Waals surface area contributed by atoms with Crippen LogP contribution in [0.3, 0.4) is 0 Å². The molecule has 4 nitrogen and oxygen atoms in total. The third-order valence-electron chi connectivity index (χ3n) is 5.58. The number of carboxylic acids is 1. The van der Waals surface area contributed by atoms with Gasteiger partial charge in [-0.1, -0.05) is 12.1 Å². The van der Waals surface area contributed by atoms with Crippen LogP contribution >= 0.6 is 0 Å². The predicted octanol–water partition coefficient (Wildman–Crippen LogP) is 2.02. The fraction of sp³-hybridized carbons (Fsp3) is 0.562. The smallest absolute Gasteiger partial charge is 0.316 e. The molecule has 1 aromatic rings. The molecule has 3 atom stereocenters.